The largest absolute Gasteiger partial charge is 0.484 e. The Hall–Kier alpha value is -3.15. The van der Waals surface area contributed by atoms with Crippen molar-refractivity contribution in [2.24, 2.45) is 0 Å². The highest BCUT2D eigenvalue weighted by atomic mass is 16.5. The number of nitrogens with zero attached hydrogens (tertiary/aromatic N) is 2. The number of aryl methyl sites for hydroxylation is 1. The molecule has 1 aliphatic rings. The first kappa shape index (κ1) is 19.6. The van der Waals surface area contributed by atoms with Crippen molar-refractivity contribution in [1.29, 1.82) is 0 Å². The molecule has 0 bridgehead atoms. The van der Waals surface area contributed by atoms with E-state index in [0.29, 0.717) is 17.9 Å². The van der Waals surface area contributed by atoms with Crippen molar-refractivity contribution >= 4 is 23.3 Å². The molecule has 0 saturated carbocycles. The molecule has 0 aromatic heterocycles. The van der Waals surface area contributed by atoms with Gasteiger partial charge >= 0.3 is 0 Å². The van der Waals surface area contributed by atoms with E-state index in [4.69, 9.17) is 4.74 Å². The van der Waals surface area contributed by atoms with Gasteiger partial charge in [-0.25, -0.2) is 0 Å². The number of benzene rings is 2. The summed E-state index contributed by atoms with van der Waals surface area (Å²) in [4.78, 5) is 39.8. The van der Waals surface area contributed by atoms with Crippen LogP contribution in [-0.4, -0.2) is 48.2 Å². The third kappa shape index (κ3) is 4.22. The van der Waals surface area contributed by atoms with Gasteiger partial charge in [-0.3, -0.25) is 14.4 Å². The van der Waals surface area contributed by atoms with Gasteiger partial charge in [0.25, 0.3) is 5.91 Å². The SMILES string of the molecule is CC(=O)c1ccc(OCC(=O)N2CC(=O)N(c3ccccc3C)C[C@@H]2C)cc1. The lowest BCUT2D eigenvalue weighted by molar-refractivity contribution is -0.141. The van der Waals surface area contributed by atoms with E-state index in [2.05, 4.69) is 0 Å². The number of carbonyl (C=O) groups excluding carboxylic acids is 3. The molecule has 1 atom stereocenters. The molecule has 2 aromatic carbocycles. The third-order valence-electron chi connectivity index (χ3n) is 4.94. The Labute approximate surface area is 164 Å². The van der Waals surface area contributed by atoms with Crippen molar-refractivity contribution in [3.63, 3.8) is 0 Å². The predicted molar refractivity (Wildman–Crippen MR) is 107 cm³/mol. The number of Topliss-reactive ketones (excluding diaryl/α,β-unsaturated/α-hetero) is 1. The van der Waals surface area contributed by atoms with Crippen LogP contribution in [0.25, 0.3) is 0 Å². The van der Waals surface area contributed by atoms with Crippen LogP contribution in [0, 0.1) is 6.92 Å². The predicted octanol–water partition coefficient (Wildman–Crippen LogP) is 2.84. The lowest BCUT2D eigenvalue weighted by Gasteiger charge is -2.39. The second-order valence-electron chi connectivity index (χ2n) is 7.03. The summed E-state index contributed by atoms with van der Waals surface area (Å²) < 4.78 is 5.54. The Balaban J connectivity index is 1.61. The monoisotopic (exact) mass is 380 g/mol. The van der Waals surface area contributed by atoms with E-state index in [1.165, 1.54) is 6.92 Å². The average molecular weight is 380 g/mol. The van der Waals surface area contributed by atoms with Gasteiger partial charge in [0.15, 0.2) is 12.4 Å². The van der Waals surface area contributed by atoms with Gasteiger partial charge in [0.1, 0.15) is 12.3 Å². The summed E-state index contributed by atoms with van der Waals surface area (Å²) in [5.74, 6) is 0.143. The lowest BCUT2D eigenvalue weighted by atomic mass is 10.1. The van der Waals surface area contributed by atoms with Gasteiger partial charge in [0.2, 0.25) is 5.91 Å². The minimum Gasteiger partial charge on any atom is -0.484 e. The smallest absolute Gasteiger partial charge is 0.261 e. The maximum absolute atomic E-state index is 12.6. The van der Waals surface area contributed by atoms with E-state index < -0.39 is 0 Å². The number of piperazine rings is 1. The molecule has 0 radical (unpaired) electrons. The molecule has 1 saturated heterocycles. The van der Waals surface area contributed by atoms with Crippen LogP contribution in [0.3, 0.4) is 0 Å². The highest BCUT2D eigenvalue weighted by molar-refractivity contribution is 5.99. The zero-order valence-corrected chi connectivity index (χ0v) is 16.3. The van der Waals surface area contributed by atoms with Crippen LogP contribution in [0.1, 0.15) is 29.8 Å². The first-order chi connectivity index (χ1) is 13.4. The van der Waals surface area contributed by atoms with Crippen LogP contribution in [-0.2, 0) is 9.59 Å². The van der Waals surface area contributed by atoms with Crippen LogP contribution in [0.15, 0.2) is 48.5 Å². The van der Waals surface area contributed by atoms with E-state index in [0.717, 1.165) is 11.3 Å². The molecule has 0 unspecified atom stereocenters. The zero-order valence-electron chi connectivity index (χ0n) is 16.3. The van der Waals surface area contributed by atoms with Gasteiger partial charge in [-0.1, -0.05) is 18.2 Å². The summed E-state index contributed by atoms with van der Waals surface area (Å²) in [6.07, 6.45) is 0. The van der Waals surface area contributed by atoms with Gasteiger partial charge in [-0.05, 0) is 56.7 Å². The van der Waals surface area contributed by atoms with Gasteiger partial charge in [-0.15, -0.1) is 0 Å². The number of anilines is 1. The second-order valence-corrected chi connectivity index (χ2v) is 7.03. The maximum atomic E-state index is 12.6. The first-order valence-corrected chi connectivity index (χ1v) is 9.26. The number of hydrogen-bond acceptors (Lipinski definition) is 4. The van der Waals surface area contributed by atoms with Gasteiger partial charge in [0, 0.05) is 23.8 Å². The molecule has 1 fully saturated rings. The van der Waals surface area contributed by atoms with Crippen LogP contribution in [0.4, 0.5) is 5.69 Å². The zero-order chi connectivity index (χ0) is 20.3. The Kier molecular flexibility index (Phi) is 5.78. The van der Waals surface area contributed by atoms with Crippen LogP contribution >= 0.6 is 0 Å². The summed E-state index contributed by atoms with van der Waals surface area (Å²) in [7, 11) is 0. The maximum Gasteiger partial charge on any atom is 0.261 e. The minimum atomic E-state index is -0.235. The fraction of sp³-hybridized carbons (Fsp3) is 0.318. The molecule has 2 amide bonds. The van der Waals surface area contributed by atoms with E-state index in [9.17, 15) is 14.4 Å². The van der Waals surface area contributed by atoms with Crippen molar-refractivity contribution in [3.05, 3.63) is 59.7 Å². The normalized spacial score (nSPS) is 16.8. The topological polar surface area (TPSA) is 66.9 Å². The van der Waals surface area contributed by atoms with E-state index in [1.807, 2.05) is 38.1 Å². The number of ether oxygens (including phenoxy) is 1. The molecule has 3 rings (SSSR count). The van der Waals surface area contributed by atoms with E-state index in [1.54, 1.807) is 34.1 Å². The highest BCUT2D eigenvalue weighted by Gasteiger charge is 2.33. The molecule has 1 aliphatic heterocycles. The molecular weight excluding hydrogens is 356 g/mol. The molecule has 6 nitrogen and oxygen atoms in total. The van der Waals surface area contributed by atoms with Gasteiger partial charge in [-0.2, -0.15) is 0 Å². The molecular formula is C22H24N2O4. The van der Waals surface area contributed by atoms with Gasteiger partial charge < -0.3 is 14.5 Å². The summed E-state index contributed by atoms with van der Waals surface area (Å²) in [5, 5.41) is 0. The summed E-state index contributed by atoms with van der Waals surface area (Å²) in [5.41, 5.74) is 2.50. The quantitative estimate of drug-likeness (QED) is 0.748. The number of rotatable bonds is 5. The van der Waals surface area contributed by atoms with Crippen molar-refractivity contribution in [2.75, 3.05) is 24.6 Å². The third-order valence-corrected chi connectivity index (χ3v) is 4.94. The fourth-order valence-electron chi connectivity index (χ4n) is 3.30. The van der Waals surface area contributed by atoms with Crippen molar-refractivity contribution in [1.82, 2.24) is 4.90 Å². The lowest BCUT2D eigenvalue weighted by Crippen LogP contribution is -2.58. The second kappa shape index (κ2) is 8.25. The van der Waals surface area contributed by atoms with Crippen LogP contribution in [0.5, 0.6) is 5.75 Å². The summed E-state index contributed by atoms with van der Waals surface area (Å²) in [6.45, 7) is 5.72. The molecule has 28 heavy (non-hydrogen) atoms. The standard InChI is InChI=1S/C22H24N2O4/c1-15-6-4-5-7-20(15)24-12-16(2)23(13-21(24)26)22(27)14-28-19-10-8-18(9-11-19)17(3)25/h4-11,16H,12-14H2,1-3H3/t16-/m0/s1. The number of ketones is 1. The molecule has 2 aromatic rings. The number of amides is 2. The Morgan fingerprint density at radius 2 is 1.79 bits per heavy atom. The summed E-state index contributed by atoms with van der Waals surface area (Å²) in [6, 6.07) is 14.3. The Morgan fingerprint density at radius 3 is 2.43 bits per heavy atom. The van der Waals surface area contributed by atoms with Gasteiger partial charge in [0.05, 0.1) is 0 Å². The fourth-order valence-corrected chi connectivity index (χ4v) is 3.30. The Bertz CT molecular complexity index is 892. The molecule has 0 spiro atoms. The van der Waals surface area contributed by atoms with E-state index >= 15 is 0 Å². The van der Waals surface area contributed by atoms with Crippen molar-refractivity contribution < 1.29 is 19.1 Å². The molecule has 0 aliphatic carbocycles. The van der Waals surface area contributed by atoms with Crippen LogP contribution < -0.4 is 9.64 Å². The number of hydrogen-bond donors (Lipinski definition) is 0. The van der Waals surface area contributed by atoms with Crippen LogP contribution in [0.2, 0.25) is 0 Å². The average Bonchev–Trinajstić information content (AvgIpc) is 2.68. The molecule has 0 N–H and O–H groups in total. The summed E-state index contributed by atoms with van der Waals surface area (Å²) >= 11 is 0. The van der Waals surface area contributed by atoms with E-state index in [-0.39, 0.29) is 36.8 Å². The molecule has 1 heterocycles. The highest BCUT2D eigenvalue weighted by Crippen LogP contribution is 2.24. The number of carbonyl (C=O) groups is 3. The van der Waals surface area contributed by atoms with Crippen molar-refractivity contribution in [3.8, 4) is 5.75 Å². The molecule has 146 valence electrons. The first-order valence-electron chi connectivity index (χ1n) is 9.26. The number of para-hydroxylation sites is 1. The van der Waals surface area contributed by atoms with Crippen molar-refractivity contribution in [2.45, 2.75) is 26.8 Å². The Morgan fingerprint density at radius 1 is 1.11 bits per heavy atom. The minimum absolute atomic E-state index is 0.0264. The molecule has 6 heteroatoms.